The molecule has 1 heterocycles. The Morgan fingerprint density at radius 3 is 2.11 bits per heavy atom. The van der Waals surface area contributed by atoms with Gasteiger partial charge >= 0.3 is 0 Å². The van der Waals surface area contributed by atoms with Crippen LogP contribution in [0.3, 0.4) is 0 Å². The molecule has 0 saturated heterocycles. The second kappa shape index (κ2) is 11.7. The Balaban J connectivity index is 1.32. The molecule has 2 aromatic rings. The molecule has 1 atom stereocenters. The summed E-state index contributed by atoms with van der Waals surface area (Å²) in [6.45, 7) is 4.09. The molecule has 206 valence electrons. The second-order valence-electron chi connectivity index (χ2n) is 11.2. The Morgan fingerprint density at radius 2 is 1.47 bits per heavy atom. The van der Waals surface area contributed by atoms with Gasteiger partial charge in [0, 0.05) is 16.7 Å². The highest BCUT2D eigenvalue weighted by atomic mass is 19.2. The molecule has 0 aromatic heterocycles. The first-order valence-corrected chi connectivity index (χ1v) is 14.4. The van der Waals surface area contributed by atoms with Crippen LogP contribution >= 0.6 is 0 Å². The predicted octanol–water partition coefficient (Wildman–Crippen LogP) is 9.53. The molecule has 0 amide bonds. The van der Waals surface area contributed by atoms with Gasteiger partial charge in [-0.15, -0.1) is 0 Å². The highest BCUT2D eigenvalue weighted by molar-refractivity contribution is 5.76. The zero-order valence-electron chi connectivity index (χ0n) is 22.5. The van der Waals surface area contributed by atoms with E-state index in [1.54, 1.807) is 19.3 Å². The van der Waals surface area contributed by atoms with Crippen LogP contribution in [0.15, 0.2) is 24.0 Å². The topological polar surface area (TPSA) is 18.5 Å². The van der Waals surface area contributed by atoms with Gasteiger partial charge in [-0.05, 0) is 99.0 Å². The van der Waals surface area contributed by atoms with Crippen molar-refractivity contribution in [1.82, 2.24) is 0 Å². The van der Waals surface area contributed by atoms with Crippen molar-refractivity contribution in [1.29, 1.82) is 0 Å². The van der Waals surface area contributed by atoms with Crippen LogP contribution in [0.4, 0.5) is 17.6 Å². The Morgan fingerprint density at radius 1 is 0.789 bits per heavy atom. The zero-order valence-corrected chi connectivity index (χ0v) is 22.5. The van der Waals surface area contributed by atoms with E-state index in [4.69, 9.17) is 9.47 Å². The molecule has 1 aliphatic heterocycles. The monoisotopic (exact) mass is 530 g/mol. The fraction of sp³-hybridized carbons (Fsp3) is 0.562. The number of ether oxygens (including phenoxy) is 2. The zero-order chi connectivity index (χ0) is 26.8. The standard InChI is InChI=1S/C32H38F4O2/c1-3-5-6-7-19-8-10-20(11-9-19)23-14-15-25(38-18-23)24-16-21-12-13-22-17-26(37-4-2)30(34)32(36)28(22)27(21)31(35)29(24)33/h16-20,25H,3-15H2,1-2H3. The van der Waals surface area contributed by atoms with Gasteiger partial charge in [-0.25, -0.2) is 13.2 Å². The minimum Gasteiger partial charge on any atom is -0.493 e. The van der Waals surface area contributed by atoms with Gasteiger partial charge in [0.15, 0.2) is 23.2 Å². The summed E-state index contributed by atoms with van der Waals surface area (Å²) in [7, 11) is 0. The van der Waals surface area contributed by atoms with Crippen molar-refractivity contribution in [2.75, 3.05) is 6.61 Å². The SMILES string of the molecule is CCCCCC1CCC(C2=COC(c3cc4c(c(F)c3F)-c3c(cc(OCC)c(F)c3F)CC4)CC2)CC1. The molecule has 2 aliphatic carbocycles. The number of rotatable bonds is 8. The summed E-state index contributed by atoms with van der Waals surface area (Å²) in [5, 5.41) is 0. The molecule has 5 rings (SSSR count). The van der Waals surface area contributed by atoms with Crippen molar-refractivity contribution < 1.29 is 27.0 Å². The third-order valence-electron chi connectivity index (χ3n) is 8.80. The van der Waals surface area contributed by atoms with Crippen LogP contribution in [-0.2, 0) is 17.6 Å². The van der Waals surface area contributed by atoms with Crippen LogP contribution in [-0.4, -0.2) is 6.61 Å². The molecule has 0 radical (unpaired) electrons. The van der Waals surface area contributed by atoms with Gasteiger partial charge in [-0.2, -0.15) is 4.39 Å². The van der Waals surface area contributed by atoms with Crippen LogP contribution in [0.1, 0.15) is 101 Å². The Hall–Kier alpha value is -2.50. The molecule has 0 spiro atoms. The number of halogens is 4. The molecular formula is C32H38F4O2. The van der Waals surface area contributed by atoms with E-state index in [9.17, 15) is 4.39 Å². The molecule has 0 bridgehead atoms. The maximum atomic E-state index is 15.5. The molecule has 1 saturated carbocycles. The average molecular weight is 531 g/mol. The van der Waals surface area contributed by atoms with E-state index in [-0.39, 0.29) is 29.0 Å². The summed E-state index contributed by atoms with van der Waals surface area (Å²) in [6.07, 6.45) is 13.4. The number of fused-ring (bicyclic) bond motifs is 3. The lowest BCUT2D eigenvalue weighted by molar-refractivity contribution is 0.108. The van der Waals surface area contributed by atoms with Gasteiger partial charge in [0.1, 0.15) is 6.10 Å². The summed E-state index contributed by atoms with van der Waals surface area (Å²) in [4.78, 5) is 0. The normalized spacial score (nSPS) is 22.8. The minimum absolute atomic E-state index is 0.159. The van der Waals surface area contributed by atoms with Gasteiger partial charge in [-0.1, -0.05) is 32.6 Å². The number of hydrogen-bond acceptors (Lipinski definition) is 2. The lowest BCUT2D eigenvalue weighted by Crippen LogP contribution is -2.20. The summed E-state index contributed by atoms with van der Waals surface area (Å²) in [6, 6.07) is 3.00. The van der Waals surface area contributed by atoms with Crippen molar-refractivity contribution in [2.45, 2.75) is 97.0 Å². The first kappa shape index (κ1) is 27.1. The van der Waals surface area contributed by atoms with Gasteiger partial charge in [0.2, 0.25) is 5.82 Å². The smallest absolute Gasteiger partial charge is 0.201 e. The molecule has 38 heavy (non-hydrogen) atoms. The fourth-order valence-corrected chi connectivity index (χ4v) is 6.68. The molecule has 0 N–H and O–H groups in total. The summed E-state index contributed by atoms with van der Waals surface area (Å²) in [5.74, 6) is -3.41. The van der Waals surface area contributed by atoms with Gasteiger partial charge in [0.05, 0.1) is 12.9 Å². The fourth-order valence-electron chi connectivity index (χ4n) is 6.68. The first-order valence-electron chi connectivity index (χ1n) is 14.4. The highest BCUT2D eigenvalue weighted by Gasteiger charge is 2.33. The van der Waals surface area contributed by atoms with E-state index in [0.717, 1.165) is 12.3 Å². The summed E-state index contributed by atoms with van der Waals surface area (Å²) >= 11 is 0. The molecule has 3 aliphatic rings. The highest BCUT2D eigenvalue weighted by Crippen LogP contribution is 2.45. The number of benzene rings is 2. The Kier molecular flexibility index (Phi) is 8.35. The quantitative estimate of drug-likeness (QED) is 0.250. The molecule has 2 aromatic carbocycles. The van der Waals surface area contributed by atoms with E-state index in [1.165, 1.54) is 63.0 Å². The number of allylic oxidation sites excluding steroid dienone is 1. The van der Waals surface area contributed by atoms with Crippen molar-refractivity contribution in [3.05, 3.63) is 63.9 Å². The van der Waals surface area contributed by atoms with E-state index in [2.05, 4.69) is 6.92 Å². The number of hydrogen-bond donors (Lipinski definition) is 0. The molecule has 1 fully saturated rings. The average Bonchev–Trinajstić information content (AvgIpc) is 2.94. The molecule has 1 unspecified atom stereocenters. The van der Waals surface area contributed by atoms with Gasteiger partial charge < -0.3 is 9.47 Å². The summed E-state index contributed by atoms with van der Waals surface area (Å²) < 4.78 is 71.8. The van der Waals surface area contributed by atoms with Gasteiger partial charge in [0.25, 0.3) is 0 Å². The lowest BCUT2D eigenvalue weighted by Gasteiger charge is -2.33. The second-order valence-corrected chi connectivity index (χ2v) is 11.2. The number of unbranched alkanes of at least 4 members (excludes halogenated alkanes) is 2. The first-order chi connectivity index (χ1) is 18.4. The van der Waals surface area contributed by atoms with Crippen molar-refractivity contribution in [3.8, 4) is 16.9 Å². The van der Waals surface area contributed by atoms with Crippen LogP contribution in [0, 0.1) is 35.1 Å². The maximum Gasteiger partial charge on any atom is 0.201 e. The van der Waals surface area contributed by atoms with Crippen LogP contribution in [0.5, 0.6) is 5.75 Å². The van der Waals surface area contributed by atoms with E-state index in [1.807, 2.05) is 0 Å². The predicted molar refractivity (Wildman–Crippen MR) is 141 cm³/mol. The number of aryl methyl sites for hydroxylation is 2. The third kappa shape index (κ3) is 5.20. The van der Waals surface area contributed by atoms with Crippen LogP contribution in [0.25, 0.3) is 11.1 Å². The van der Waals surface area contributed by atoms with Gasteiger partial charge in [-0.3, -0.25) is 0 Å². The van der Waals surface area contributed by atoms with E-state index >= 15 is 13.2 Å². The molecule has 2 nitrogen and oxygen atoms in total. The van der Waals surface area contributed by atoms with Crippen LogP contribution < -0.4 is 4.74 Å². The van der Waals surface area contributed by atoms with E-state index in [0.29, 0.717) is 36.3 Å². The molecular weight excluding hydrogens is 492 g/mol. The maximum absolute atomic E-state index is 15.5. The lowest BCUT2D eigenvalue weighted by atomic mass is 9.75. The Labute approximate surface area is 223 Å². The van der Waals surface area contributed by atoms with Crippen LogP contribution in [0.2, 0.25) is 0 Å². The summed E-state index contributed by atoms with van der Waals surface area (Å²) in [5.41, 5.74) is 1.96. The van der Waals surface area contributed by atoms with Crippen molar-refractivity contribution in [3.63, 3.8) is 0 Å². The minimum atomic E-state index is -1.19. The third-order valence-corrected chi connectivity index (χ3v) is 8.80. The Bertz CT molecular complexity index is 1200. The van der Waals surface area contributed by atoms with Crippen molar-refractivity contribution in [2.24, 2.45) is 11.8 Å². The largest absolute Gasteiger partial charge is 0.493 e. The van der Waals surface area contributed by atoms with Crippen molar-refractivity contribution >= 4 is 0 Å². The molecule has 6 heteroatoms. The van der Waals surface area contributed by atoms with E-state index < -0.39 is 29.4 Å².